The summed E-state index contributed by atoms with van der Waals surface area (Å²) in [5, 5.41) is 1.43. The maximum Gasteiger partial charge on any atom is 0.338 e. The number of aromatic nitrogens is 3. The zero-order valence-corrected chi connectivity index (χ0v) is 24.1. The van der Waals surface area contributed by atoms with E-state index in [2.05, 4.69) is 14.5 Å². The smallest absolute Gasteiger partial charge is 0.338 e. The highest BCUT2D eigenvalue weighted by atomic mass is 16.5. The summed E-state index contributed by atoms with van der Waals surface area (Å²) in [6.07, 6.45) is 6.21. The van der Waals surface area contributed by atoms with Gasteiger partial charge in [-0.05, 0) is 62.1 Å². The molecule has 3 aromatic heterocycles. The molecule has 2 aliphatic rings. The lowest BCUT2D eigenvalue weighted by Crippen LogP contribution is -2.14. The lowest BCUT2D eigenvalue weighted by molar-refractivity contribution is 0.0594. The van der Waals surface area contributed by atoms with Crippen LogP contribution in [0.4, 0.5) is 0 Å². The average molecular weight is 578 g/mol. The lowest BCUT2D eigenvalue weighted by Gasteiger charge is -2.15. The minimum absolute atomic E-state index is 0.0994. The van der Waals surface area contributed by atoms with Crippen molar-refractivity contribution in [2.24, 2.45) is 0 Å². The summed E-state index contributed by atoms with van der Waals surface area (Å²) in [6.45, 7) is 0.574. The van der Waals surface area contributed by atoms with E-state index in [0.29, 0.717) is 52.4 Å². The monoisotopic (exact) mass is 577 g/mol. The average Bonchev–Trinajstić information content (AvgIpc) is 3.58. The predicted molar refractivity (Wildman–Crippen MR) is 161 cm³/mol. The lowest BCUT2D eigenvalue weighted by atomic mass is 9.92. The quantitative estimate of drug-likeness (QED) is 0.266. The summed E-state index contributed by atoms with van der Waals surface area (Å²) in [4.78, 5) is 56.3. The van der Waals surface area contributed by atoms with Crippen molar-refractivity contribution in [1.82, 2.24) is 14.5 Å². The van der Waals surface area contributed by atoms with Gasteiger partial charge in [-0.25, -0.2) is 9.59 Å². The molecule has 0 aliphatic heterocycles. The largest absolute Gasteiger partial charge is 0.465 e. The minimum atomic E-state index is -0.415. The number of rotatable bonds is 4. The molecule has 3 heterocycles. The second-order valence-electron chi connectivity index (χ2n) is 10.7. The Morgan fingerprint density at radius 1 is 0.791 bits per heavy atom. The van der Waals surface area contributed by atoms with E-state index < -0.39 is 11.9 Å². The van der Waals surface area contributed by atoms with Gasteiger partial charge in [0.05, 0.1) is 43.1 Å². The number of carbonyl (C=O) groups is 4. The molecule has 0 fully saturated rings. The van der Waals surface area contributed by atoms with Crippen LogP contribution >= 0.6 is 0 Å². The third-order valence-electron chi connectivity index (χ3n) is 8.16. The number of nitrogens with one attached hydrogen (secondary N) is 1. The van der Waals surface area contributed by atoms with Crippen LogP contribution in [0.1, 0.15) is 84.2 Å². The molecule has 7 rings (SSSR count). The molecule has 9 nitrogen and oxygen atoms in total. The molecule has 0 atom stereocenters. The molecule has 0 radical (unpaired) electrons. The van der Waals surface area contributed by atoms with Crippen LogP contribution in [-0.4, -0.2) is 52.3 Å². The molecule has 0 spiro atoms. The van der Waals surface area contributed by atoms with Gasteiger partial charge in [-0.2, -0.15) is 0 Å². The predicted octanol–water partition coefficient (Wildman–Crippen LogP) is 5.86. The highest BCUT2D eigenvalue weighted by molar-refractivity contribution is 6.17. The van der Waals surface area contributed by atoms with Crippen LogP contribution in [0, 0.1) is 0 Å². The molecule has 218 valence electrons. The molecule has 0 amide bonds. The second-order valence-corrected chi connectivity index (χ2v) is 10.7. The van der Waals surface area contributed by atoms with Crippen molar-refractivity contribution < 1.29 is 28.7 Å². The number of pyridine rings is 1. The Labute approximate surface area is 247 Å². The van der Waals surface area contributed by atoms with E-state index in [9.17, 15) is 19.2 Å². The first kappa shape index (κ1) is 28.1. The number of ether oxygens (including phenoxy) is 2. The molecule has 2 aliphatic carbocycles. The van der Waals surface area contributed by atoms with E-state index in [1.807, 2.05) is 36.4 Å². The van der Waals surface area contributed by atoms with Crippen molar-refractivity contribution in [1.29, 1.82) is 0 Å². The summed E-state index contributed by atoms with van der Waals surface area (Å²) in [5.74, 6) is -0.608. The first-order valence-electron chi connectivity index (χ1n) is 14.3. The van der Waals surface area contributed by atoms with E-state index in [1.165, 1.54) is 14.2 Å². The minimum Gasteiger partial charge on any atom is -0.465 e. The van der Waals surface area contributed by atoms with Crippen LogP contribution in [0.15, 0.2) is 60.8 Å². The van der Waals surface area contributed by atoms with Gasteiger partial charge in [0.1, 0.15) is 0 Å². The summed E-state index contributed by atoms with van der Waals surface area (Å²) >= 11 is 0. The number of esters is 2. The highest BCUT2D eigenvalue weighted by Gasteiger charge is 2.29. The molecule has 2 aromatic carbocycles. The SMILES string of the molecule is COC(=O)c1cccc2[nH]c3c(c12)C(=O)CCC3.COC(=O)c1cccc2c1c1c(n2Cc2ccccn2)CCCC1=O. The van der Waals surface area contributed by atoms with Crippen LogP contribution < -0.4 is 0 Å². The molecular formula is C34H31N3O6. The molecule has 0 saturated carbocycles. The highest BCUT2D eigenvalue weighted by Crippen LogP contribution is 2.35. The molecule has 1 N–H and O–H groups in total. The summed E-state index contributed by atoms with van der Waals surface area (Å²) in [5.41, 5.74) is 6.84. The maximum atomic E-state index is 12.6. The van der Waals surface area contributed by atoms with E-state index in [4.69, 9.17) is 9.47 Å². The fraction of sp³-hybridized carbons (Fsp3) is 0.265. The zero-order valence-electron chi connectivity index (χ0n) is 24.1. The Balaban J connectivity index is 0.000000162. The molecular weight excluding hydrogens is 546 g/mol. The zero-order chi connectivity index (χ0) is 30.1. The topological polar surface area (TPSA) is 120 Å². The van der Waals surface area contributed by atoms with Gasteiger partial charge in [-0.3, -0.25) is 14.6 Å². The fourth-order valence-electron chi connectivity index (χ4n) is 6.30. The Morgan fingerprint density at radius 2 is 1.47 bits per heavy atom. The van der Waals surface area contributed by atoms with Crippen LogP contribution in [0.2, 0.25) is 0 Å². The Hall–Kier alpha value is -5.05. The number of H-pyrrole nitrogens is 1. The van der Waals surface area contributed by atoms with Crippen molar-refractivity contribution >= 4 is 45.3 Å². The van der Waals surface area contributed by atoms with Crippen LogP contribution in [-0.2, 0) is 28.9 Å². The molecule has 0 unspecified atom stereocenters. The molecule has 9 heteroatoms. The Bertz CT molecular complexity index is 1900. The number of hydrogen-bond donors (Lipinski definition) is 1. The van der Waals surface area contributed by atoms with Gasteiger partial charge in [0.2, 0.25) is 0 Å². The van der Waals surface area contributed by atoms with Crippen LogP contribution in [0.5, 0.6) is 0 Å². The number of aromatic amines is 1. The first-order chi connectivity index (χ1) is 20.9. The van der Waals surface area contributed by atoms with E-state index >= 15 is 0 Å². The summed E-state index contributed by atoms with van der Waals surface area (Å²) in [7, 11) is 2.71. The molecule has 0 saturated heterocycles. The van der Waals surface area contributed by atoms with Gasteiger partial charge < -0.3 is 19.0 Å². The third-order valence-corrected chi connectivity index (χ3v) is 8.16. The van der Waals surface area contributed by atoms with Crippen LogP contribution in [0.25, 0.3) is 21.8 Å². The molecule has 5 aromatic rings. The van der Waals surface area contributed by atoms with Crippen molar-refractivity contribution in [3.8, 4) is 0 Å². The van der Waals surface area contributed by atoms with Gasteiger partial charge in [0.25, 0.3) is 0 Å². The number of Topliss-reactive ketones (excluding diaryl/α,β-unsaturated/α-hetero) is 2. The number of methoxy groups -OCH3 is 2. The van der Waals surface area contributed by atoms with Gasteiger partial charge in [0, 0.05) is 57.8 Å². The number of aryl methyl sites for hydroxylation is 1. The van der Waals surface area contributed by atoms with Crippen molar-refractivity contribution in [3.05, 3.63) is 100 Å². The van der Waals surface area contributed by atoms with E-state index in [1.54, 1.807) is 24.4 Å². The van der Waals surface area contributed by atoms with Crippen molar-refractivity contribution in [2.75, 3.05) is 14.2 Å². The number of benzene rings is 2. The van der Waals surface area contributed by atoms with Gasteiger partial charge in [-0.15, -0.1) is 0 Å². The fourth-order valence-corrected chi connectivity index (χ4v) is 6.30. The number of fused-ring (bicyclic) bond motifs is 6. The van der Waals surface area contributed by atoms with E-state index in [-0.39, 0.29) is 11.6 Å². The normalized spacial score (nSPS) is 14.1. The summed E-state index contributed by atoms with van der Waals surface area (Å²) in [6, 6.07) is 16.7. The maximum absolute atomic E-state index is 12.6. The van der Waals surface area contributed by atoms with Crippen molar-refractivity contribution in [3.63, 3.8) is 0 Å². The van der Waals surface area contributed by atoms with Crippen LogP contribution in [0.3, 0.4) is 0 Å². The number of ketones is 2. The molecule has 0 bridgehead atoms. The number of carbonyl (C=O) groups excluding carboxylic acids is 4. The third kappa shape index (κ3) is 5.01. The number of nitrogens with zero attached hydrogens (tertiary/aromatic N) is 2. The second kappa shape index (κ2) is 11.7. The van der Waals surface area contributed by atoms with Crippen molar-refractivity contribution in [2.45, 2.75) is 45.1 Å². The standard InChI is InChI=1S/C20H18N2O3.C14H13NO3/c1-25-20(24)14-7-4-8-15-18(14)19-16(9-5-10-17(19)23)22(15)12-13-6-2-3-11-21-13;1-18-14(17)8-4-2-5-9-12(8)13-10(15-9)6-3-7-11(13)16/h2-4,6-8,11H,5,9-10,12H2,1H3;2,4-5,15H,3,6-7H2,1H3. The Kier molecular flexibility index (Phi) is 7.63. The van der Waals surface area contributed by atoms with Gasteiger partial charge >= 0.3 is 11.9 Å². The van der Waals surface area contributed by atoms with Gasteiger partial charge in [0.15, 0.2) is 11.6 Å². The first-order valence-corrected chi connectivity index (χ1v) is 14.3. The summed E-state index contributed by atoms with van der Waals surface area (Å²) < 4.78 is 11.8. The number of hydrogen-bond acceptors (Lipinski definition) is 7. The molecule has 43 heavy (non-hydrogen) atoms. The van der Waals surface area contributed by atoms with Gasteiger partial charge in [-0.1, -0.05) is 18.2 Å². The van der Waals surface area contributed by atoms with E-state index in [0.717, 1.165) is 53.8 Å². The Morgan fingerprint density at radius 3 is 2.16 bits per heavy atom.